The lowest BCUT2D eigenvalue weighted by atomic mass is 10.1. The van der Waals surface area contributed by atoms with Crippen LogP contribution in [0.2, 0.25) is 0 Å². The standard InChI is InChI=1S/C19H21N5O/c1-23-17-7-3-2-6-16(17)22-19(23)24-12-4-5-15(13-24)21-18(25)14-8-10-20-11-9-14/h2-3,6-11,15H,4-5,12-13H2,1H3,(H,21,25). The second-order valence-electron chi connectivity index (χ2n) is 6.45. The van der Waals surface area contributed by atoms with Crippen LogP contribution < -0.4 is 10.2 Å². The number of hydrogen-bond acceptors (Lipinski definition) is 4. The molecule has 6 nitrogen and oxygen atoms in total. The van der Waals surface area contributed by atoms with Crippen LogP contribution in [0.1, 0.15) is 23.2 Å². The highest BCUT2D eigenvalue weighted by molar-refractivity contribution is 5.94. The van der Waals surface area contributed by atoms with Crippen molar-refractivity contribution in [3.8, 4) is 0 Å². The molecule has 0 aliphatic carbocycles. The van der Waals surface area contributed by atoms with E-state index < -0.39 is 0 Å². The van der Waals surface area contributed by atoms with Gasteiger partial charge in [-0.25, -0.2) is 4.98 Å². The quantitative estimate of drug-likeness (QED) is 0.798. The zero-order valence-electron chi connectivity index (χ0n) is 14.2. The molecule has 1 amide bonds. The molecule has 3 aromatic rings. The van der Waals surface area contributed by atoms with E-state index in [-0.39, 0.29) is 11.9 Å². The van der Waals surface area contributed by atoms with Gasteiger partial charge in [0.25, 0.3) is 5.91 Å². The number of anilines is 1. The molecule has 0 spiro atoms. The fourth-order valence-electron chi connectivity index (χ4n) is 3.46. The van der Waals surface area contributed by atoms with E-state index in [1.165, 1.54) is 0 Å². The largest absolute Gasteiger partial charge is 0.348 e. The molecule has 1 saturated heterocycles. The van der Waals surface area contributed by atoms with Gasteiger partial charge in [-0.1, -0.05) is 12.1 Å². The molecule has 1 aromatic carbocycles. The van der Waals surface area contributed by atoms with E-state index in [0.29, 0.717) is 5.56 Å². The Hall–Kier alpha value is -2.89. The fourth-order valence-corrected chi connectivity index (χ4v) is 3.46. The predicted molar refractivity (Wildman–Crippen MR) is 97.7 cm³/mol. The van der Waals surface area contributed by atoms with E-state index in [1.807, 2.05) is 25.2 Å². The summed E-state index contributed by atoms with van der Waals surface area (Å²) in [6, 6.07) is 11.7. The highest BCUT2D eigenvalue weighted by atomic mass is 16.1. The topological polar surface area (TPSA) is 63.0 Å². The SMILES string of the molecule is Cn1c(N2CCCC(NC(=O)c3ccncc3)C2)nc2ccccc21. The molecule has 6 heteroatoms. The molecular formula is C19H21N5O. The lowest BCUT2D eigenvalue weighted by Gasteiger charge is -2.33. The normalized spacial score (nSPS) is 17.6. The van der Waals surface area contributed by atoms with Gasteiger partial charge in [-0.3, -0.25) is 9.78 Å². The number of pyridine rings is 1. The third kappa shape index (κ3) is 3.07. The molecule has 0 radical (unpaired) electrons. The Labute approximate surface area is 146 Å². The van der Waals surface area contributed by atoms with Crippen LogP contribution in [0.5, 0.6) is 0 Å². The van der Waals surface area contributed by atoms with Gasteiger partial charge in [-0.2, -0.15) is 0 Å². The van der Waals surface area contributed by atoms with Crippen LogP contribution in [-0.4, -0.2) is 39.6 Å². The first kappa shape index (κ1) is 15.6. The van der Waals surface area contributed by atoms with Crippen LogP contribution >= 0.6 is 0 Å². The first-order chi connectivity index (χ1) is 12.2. The van der Waals surface area contributed by atoms with E-state index in [0.717, 1.165) is 42.9 Å². The minimum absolute atomic E-state index is 0.0424. The summed E-state index contributed by atoms with van der Waals surface area (Å²) < 4.78 is 2.13. The van der Waals surface area contributed by atoms with Crippen molar-refractivity contribution in [2.45, 2.75) is 18.9 Å². The van der Waals surface area contributed by atoms with E-state index in [4.69, 9.17) is 4.98 Å². The summed E-state index contributed by atoms with van der Waals surface area (Å²) in [6.07, 6.45) is 5.30. The van der Waals surface area contributed by atoms with Gasteiger partial charge < -0.3 is 14.8 Å². The van der Waals surface area contributed by atoms with E-state index in [1.54, 1.807) is 24.5 Å². The maximum atomic E-state index is 12.4. The molecule has 25 heavy (non-hydrogen) atoms. The number of nitrogens with one attached hydrogen (secondary N) is 1. The number of rotatable bonds is 3. The number of fused-ring (bicyclic) bond motifs is 1. The van der Waals surface area contributed by atoms with E-state index in [2.05, 4.69) is 25.8 Å². The third-order valence-electron chi connectivity index (χ3n) is 4.75. The van der Waals surface area contributed by atoms with Gasteiger partial charge in [0.2, 0.25) is 5.95 Å². The molecule has 1 unspecified atom stereocenters. The minimum Gasteiger partial charge on any atom is -0.348 e. The van der Waals surface area contributed by atoms with Gasteiger partial charge in [0, 0.05) is 44.1 Å². The number of carbonyl (C=O) groups excluding carboxylic acids is 1. The van der Waals surface area contributed by atoms with Crippen molar-refractivity contribution in [3.05, 3.63) is 54.4 Å². The smallest absolute Gasteiger partial charge is 0.251 e. The van der Waals surface area contributed by atoms with Gasteiger partial charge in [0.1, 0.15) is 0 Å². The first-order valence-corrected chi connectivity index (χ1v) is 8.59. The number of piperidine rings is 1. The molecule has 0 bridgehead atoms. The van der Waals surface area contributed by atoms with E-state index in [9.17, 15) is 4.79 Å². The number of nitrogens with zero attached hydrogens (tertiary/aromatic N) is 4. The Morgan fingerprint density at radius 2 is 2.00 bits per heavy atom. The second kappa shape index (κ2) is 6.55. The Morgan fingerprint density at radius 1 is 1.20 bits per heavy atom. The lowest BCUT2D eigenvalue weighted by molar-refractivity contribution is 0.0933. The van der Waals surface area contributed by atoms with Crippen LogP contribution in [0.3, 0.4) is 0 Å². The summed E-state index contributed by atoms with van der Waals surface area (Å²) in [5.74, 6) is 0.920. The average molecular weight is 335 g/mol. The minimum atomic E-state index is -0.0424. The molecule has 1 aliphatic rings. The first-order valence-electron chi connectivity index (χ1n) is 8.59. The zero-order valence-corrected chi connectivity index (χ0v) is 14.2. The van der Waals surface area contributed by atoms with Crippen molar-refractivity contribution in [1.29, 1.82) is 0 Å². The number of imidazole rings is 1. The van der Waals surface area contributed by atoms with Gasteiger partial charge in [0.15, 0.2) is 0 Å². The number of hydrogen-bond donors (Lipinski definition) is 1. The molecular weight excluding hydrogens is 314 g/mol. The van der Waals surface area contributed by atoms with Crippen molar-refractivity contribution in [3.63, 3.8) is 0 Å². The Kier molecular flexibility index (Phi) is 4.09. The second-order valence-corrected chi connectivity index (χ2v) is 6.45. The van der Waals surface area contributed by atoms with Crippen molar-refractivity contribution in [1.82, 2.24) is 19.9 Å². The number of amides is 1. The summed E-state index contributed by atoms with van der Waals surface area (Å²) in [4.78, 5) is 23.4. The maximum Gasteiger partial charge on any atom is 0.251 e. The molecule has 2 aromatic heterocycles. The molecule has 1 fully saturated rings. The molecule has 1 atom stereocenters. The molecule has 1 N–H and O–H groups in total. The molecule has 4 rings (SSSR count). The molecule has 128 valence electrons. The molecule has 0 saturated carbocycles. The van der Waals surface area contributed by atoms with Gasteiger partial charge in [-0.05, 0) is 37.1 Å². The average Bonchev–Trinajstić information content (AvgIpc) is 3.00. The number of para-hydroxylation sites is 2. The van der Waals surface area contributed by atoms with Gasteiger partial charge >= 0.3 is 0 Å². The zero-order chi connectivity index (χ0) is 17.2. The van der Waals surface area contributed by atoms with Crippen LogP contribution in [0.15, 0.2) is 48.8 Å². The Morgan fingerprint density at radius 3 is 2.80 bits per heavy atom. The summed E-state index contributed by atoms with van der Waals surface area (Å²) in [6.45, 7) is 1.73. The summed E-state index contributed by atoms with van der Waals surface area (Å²) in [7, 11) is 2.05. The Bertz CT molecular complexity index is 889. The summed E-state index contributed by atoms with van der Waals surface area (Å²) >= 11 is 0. The van der Waals surface area contributed by atoms with Gasteiger partial charge in [0.05, 0.1) is 11.0 Å². The summed E-state index contributed by atoms with van der Waals surface area (Å²) in [5.41, 5.74) is 2.78. The van der Waals surface area contributed by atoms with Gasteiger partial charge in [-0.15, -0.1) is 0 Å². The number of aromatic nitrogens is 3. The van der Waals surface area contributed by atoms with Crippen LogP contribution in [0, 0.1) is 0 Å². The number of aryl methyl sites for hydroxylation is 1. The maximum absolute atomic E-state index is 12.4. The monoisotopic (exact) mass is 335 g/mol. The lowest BCUT2D eigenvalue weighted by Crippen LogP contribution is -2.48. The van der Waals surface area contributed by atoms with Crippen LogP contribution in [0.4, 0.5) is 5.95 Å². The molecule has 1 aliphatic heterocycles. The van der Waals surface area contributed by atoms with E-state index >= 15 is 0 Å². The number of carbonyl (C=O) groups is 1. The van der Waals surface area contributed by atoms with Crippen molar-refractivity contribution >= 4 is 22.9 Å². The van der Waals surface area contributed by atoms with Crippen molar-refractivity contribution in [2.24, 2.45) is 7.05 Å². The fraction of sp³-hybridized carbons (Fsp3) is 0.316. The highest BCUT2D eigenvalue weighted by Gasteiger charge is 2.25. The van der Waals surface area contributed by atoms with Crippen molar-refractivity contribution in [2.75, 3.05) is 18.0 Å². The number of benzene rings is 1. The van der Waals surface area contributed by atoms with Crippen molar-refractivity contribution < 1.29 is 4.79 Å². The van der Waals surface area contributed by atoms with Crippen LogP contribution in [0.25, 0.3) is 11.0 Å². The highest BCUT2D eigenvalue weighted by Crippen LogP contribution is 2.24. The summed E-state index contributed by atoms with van der Waals surface area (Å²) in [5, 5.41) is 3.14. The predicted octanol–water partition coefficient (Wildman–Crippen LogP) is 2.37. The van der Waals surface area contributed by atoms with Crippen LogP contribution in [-0.2, 0) is 7.05 Å². The third-order valence-corrected chi connectivity index (χ3v) is 4.75. The molecule has 3 heterocycles. The Balaban J connectivity index is 1.51.